The Bertz CT molecular complexity index is 958. The second-order valence-corrected chi connectivity index (χ2v) is 6.53. The Balaban J connectivity index is 1.54. The molecule has 4 heteroatoms. The first-order valence-corrected chi connectivity index (χ1v) is 8.92. The van der Waals surface area contributed by atoms with Crippen LogP contribution in [0.3, 0.4) is 0 Å². The number of benzene rings is 3. The fourth-order valence-corrected chi connectivity index (χ4v) is 3.40. The third-order valence-corrected chi connectivity index (χ3v) is 4.80. The van der Waals surface area contributed by atoms with Crippen molar-refractivity contribution >= 4 is 34.0 Å². The van der Waals surface area contributed by atoms with Gasteiger partial charge in [0.2, 0.25) is 5.91 Å². The molecule has 4 rings (SSSR count). The van der Waals surface area contributed by atoms with Gasteiger partial charge in [-0.2, -0.15) is 0 Å². The minimum absolute atomic E-state index is 0.155. The van der Waals surface area contributed by atoms with E-state index in [4.69, 9.17) is 0 Å². The molecule has 0 aliphatic carbocycles. The summed E-state index contributed by atoms with van der Waals surface area (Å²) in [4.78, 5) is 26.4. The minimum Gasteiger partial charge on any atom is -0.321 e. The van der Waals surface area contributed by atoms with Crippen molar-refractivity contribution in [2.45, 2.75) is 19.3 Å². The lowest BCUT2D eigenvalue weighted by Crippen LogP contribution is -2.35. The van der Waals surface area contributed by atoms with Crippen LogP contribution in [0, 0.1) is 0 Å². The molecule has 0 bridgehead atoms. The van der Waals surface area contributed by atoms with E-state index in [1.54, 1.807) is 17.0 Å². The number of nitrogens with one attached hydrogen (secondary N) is 1. The summed E-state index contributed by atoms with van der Waals surface area (Å²) in [6.07, 6.45) is 2.58. The number of anilines is 2. The zero-order valence-corrected chi connectivity index (χ0v) is 14.4. The molecule has 1 saturated heterocycles. The van der Waals surface area contributed by atoms with Crippen molar-refractivity contribution in [1.82, 2.24) is 0 Å². The van der Waals surface area contributed by atoms with Gasteiger partial charge in [0.05, 0.1) is 0 Å². The largest absolute Gasteiger partial charge is 0.321 e. The number of carbonyl (C=O) groups excluding carboxylic acids is 2. The highest BCUT2D eigenvalue weighted by molar-refractivity contribution is 6.09. The van der Waals surface area contributed by atoms with Gasteiger partial charge in [0.15, 0.2) is 0 Å². The summed E-state index contributed by atoms with van der Waals surface area (Å²) in [5.74, 6) is 0.00193. The Morgan fingerprint density at radius 3 is 2.46 bits per heavy atom. The second kappa shape index (κ2) is 7.00. The van der Waals surface area contributed by atoms with Gasteiger partial charge >= 0.3 is 0 Å². The Kier molecular flexibility index (Phi) is 4.40. The number of hydrogen-bond acceptors (Lipinski definition) is 2. The van der Waals surface area contributed by atoms with Gasteiger partial charge in [-0.1, -0.05) is 36.4 Å². The zero-order valence-electron chi connectivity index (χ0n) is 14.4. The molecule has 1 N–H and O–H groups in total. The predicted molar refractivity (Wildman–Crippen MR) is 105 cm³/mol. The molecule has 3 aromatic rings. The summed E-state index contributed by atoms with van der Waals surface area (Å²) >= 11 is 0. The van der Waals surface area contributed by atoms with E-state index in [2.05, 4.69) is 5.32 Å². The molecule has 0 unspecified atom stereocenters. The average molecular weight is 344 g/mol. The molecule has 1 fully saturated rings. The van der Waals surface area contributed by atoms with Crippen molar-refractivity contribution in [2.75, 3.05) is 16.8 Å². The van der Waals surface area contributed by atoms with Gasteiger partial charge in [-0.15, -0.1) is 0 Å². The number of amides is 2. The highest BCUT2D eigenvalue weighted by Crippen LogP contribution is 2.25. The molecule has 26 heavy (non-hydrogen) atoms. The van der Waals surface area contributed by atoms with Crippen LogP contribution < -0.4 is 10.2 Å². The summed E-state index contributed by atoms with van der Waals surface area (Å²) in [6, 6.07) is 21.1. The first-order valence-electron chi connectivity index (χ1n) is 8.92. The van der Waals surface area contributed by atoms with Crippen molar-refractivity contribution < 1.29 is 9.59 Å². The predicted octanol–water partition coefficient (Wildman–Crippen LogP) is 4.61. The molecule has 1 heterocycles. The van der Waals surface area contributed by atoms with Gasteiger partial charge in [-0.05, 0) is 48.6 Å². The summed E-state index contributed by atoms with van der Waals surface area (Å²) in [5.41, 5.74) is 2.23. The number of hydrogen-bond donors (Lipinski definition) is 1. The first-order chi connectivity index (χ1) is 12.7. The monoisotopic (exact) mass is 344 g/mol. The third-order valence-electron chi connectivity index (χ3n) is 4.80. The maximum Gasteiger partial charge on any atom is 0.255 e. The van der Waals surface area contributed by atoms with E-state index in [9.17, 15) is 9.59 Å². The van der Waals surface area contributed by atoms with E-state index in [1.165, 1.54) is 0 Å². The lowest BCUT2D eigenvalue weighted by Gasteiger charge is -2.26. The van der Waals surface area contributed by atoms with E-state index in [0.717, 1.165) is 41.5 Å². The summed E-state index contributed by atoms with van der Waals surface area (Å²) in [7, 11) is 0. The first kappa shape index (κ1) is 16.3. The molecule has 0 aromatic heterocycles. The summed E-state index contributed by atoms with van der Waals surface area (Å²) < 4.78 is 0. The Labute approximate surface area is 152 Å². The lowest BCUT2D eigenvalue weighted by atomic mass is 10.1. The smallest absolute Gasteiger partial charge is 0.255 e. The lowest BCUT2D eigenvalue weighted by molar-refractivity contribution is -0.119. The summed E-state index contributed by atoms with van der Waals surface area (Å²) in [6.45, 7) is 0.750. The molecule has 0 saturated carbocycles. The van der Waals surface area contributed by atoms with E-state index in [0.29, 0.717) is 12.0 Å². The molecule has 2 amide bonds. The van der Waals surface area contributed by atoms with E-state index >= 15 is 0 Å². The molecule has 0 atom stereocenters. The van der Waals surface area contributed by atoms with Gasteiger partial charge < -0.3 is 10.2 Å². The van der Waals surface area contributed by atoms with Crippen LogP contribution in [0.1, 0.15) is 29.6 Å². The Morgan fingerprint density at radius 1 is 0.885 bits per heavy atom. The molecule has 1 aliphatic heterocycles. The van der Waals surface area contributed by atoms with Crippen molar-refractivity contribution in [1.29, 1.82) is 0 Å². The van der Waals surface area contributed by atoms with Crippen LogP contribution in [0.4, 0.5) is 11.4 Å². The van der Waals surface area contributed by atoms with E-state index in [1.807, 2.05) is 54.6 Å². The fourth-order valence-electron chi connectivity index (χ4n) is 3.40. The van der Waals surface area contributed by atoms with Gasteiger partial charge in [0, 0.05) is 35.3 Å². The maximum absolute atomic E-state index is 12.6. The third kappa shape index (κ3) is 3.18. The molecule has 1 aliphatic rings. The number of fused-ring (bicyclic) bond motifs is 1. The molecule has 4 nitrogen and oxygen atoms in total. The van der Waals surface area contributed by atoms with Crippen molar-refractivity contribution in [3.8, 4) is 0 Å². The standard InChI is InChI=1S/C22H20N2O2/c25-21-10-3-4-15-24(21)18-13-11-17(12-14-18)22(26)23-20-9-5-7-16-6-1-2-8-19(16)20/h1-2,5-9,11-14H,3-4,10,15H2,(H,23,26). The zero-order chi connectivity index (χ0) is 17.9. The Hall–Kier alpha value is -3.14. The van der Waals surface area contributed by atoms with E-state index < -0.39 is 0 Å². The highest BCUT2D eigenvalue weighted by atomic mass is 16.2. The van der Waals surface area contributed by atoms with Crippen LogP contribution in [0.2, 0.25) is 0 Å². The van der Waals surface area contributed by atoms with Crippen LogP contribution in [0.25, 0.3) is 10.8 Å². The number of piperidine rings is 1. The van der Waals surface area contributed by atoms with Gasteiger partial charge in [-0.3, -0.25) is 9.59 Å². The molecule has 0 spiro atoms. The number of nitrogens with zero attached hydrogens (tertiary/aromatic N) is 1. The Morgan fingerprint density at radius 2 is 1.65 bits per heavy atom. The molecular formula is C22H20N2O2. The summed E-state index contributed by atoms with van der Waals surface area (Å²) in [5, 5.41) is 5.09. The molecule has 3 aromatic carbocycles. The minimum atomic E-state index is -0.155. The maximum atomic E-state index is 12.6. The van der Waals surface area contributed by atoms with Crippen LogP contribution >= 0.6 is 0 Å². The second-order valence-electron chi connectivity index (χ2n) is 6.53. The van der Waals surface area contributed by atoms with Crippen molar-refractivity contribution in [3.63, 3.8) is 0 Å². The van der Waals surface area contributed by atoms with E-state index in [-0.39, 0.29) is 11.8 Å². The topological polar surface area (TPSA) is 49.4 Å². The molecule has 130 valence electrons. The number of carbonyl (C=O) groups is 2. The normalized spacial score (nSPS) is 14.5. The van der Waals surface area contributed by atoms with Crippen LogP contribution in [-0.2, 0) is 4.79 Å². The van der Waals surface area contributed by atoms with Crippen molar-refractivity contribution in [2.24, 2.45) is 0 Å². The molecular weight excluding hydrogens is 324 g/mol. The van der Waals surface area contributed by atoms with Crippen LogP contribution in [0.5, 0.6) is 0 Å². The quantitative estimate of drug-likeness (QED) is 0.754. The SMILES string of the molecule is O=C(Nc1cccc2ccccc12)c1ccc(N2CCCCC2=O)cc1. The number of rotatable bonds is 3. The highest BCUT2D eigenvalue weighted by Gasteiger charge is 2.19. The van der Waals surface area contributed by atoms with Gasteiger partial charge in [-0.25, -0.2) is 0 Å². The van der Waals surface area contributed by atoms with Crippen molar-refractivity contribution in [3.05, 3.63) is 72.3 Å². The fraction of sp³-hybridized carbons (Fsp3) is 0.182. The van der Waals surface area contributed by atoms with Gasteiger partial charge in [0.1, 0.15) is 0 Å². The van der Waals surface area contributed by atoms with Crippen LogP contribution in [0.15, 0.2) is 66.7 Å². The van der Waals surface area contributed by atoms with Gasteiger partial charge in [0.25, 0.3) is 5.91 Å². The van der Waals surface area contributed by atoms with Crippen LogP contribution in [-0.4, -0.2) is 18.4 Å². The average Bonchev–Trinajstić information content (AvgIpc) is 2.69. The molecule has 0 radical (unpaired) electrons.